The van der Waals surface area contributed by atoms with Gasteiger partial charge in [-0.3, -0.25) is 0 Å². The third-order valence-electron chi connectivity index (χ3n) is 2.63. The molecule has 0 bridgehead atoms. The minimum Gasteiger partial charge on any atom is -0.445 e. The zero-order chi connectivity index (χ0) is 13.3. The van der Waals surface area contributed by atoms with Gasteiger partial charge in [-0.25, -0.2) is 13.4 Å². The molecule has 96 valence electrons. The van der Waals surface area contributed by atoms with Gasteiger partial charge in [-0.1, -0.05) is 12.1 Å². The summed E-state index contributed by atoms with van der Waals surface area (Å²) in [7, 11) is 1.57. The Bertz CT molecular complexity index is 640. The Morgan fingerprint density at radius 3 is 2.28 bits per heavy atom. The second-order valence-corrected chi connectivity index (χ2v) is 6.57. The van der Waals surface area contributed by atoms with Crippen LogP contribution in [-0.4, -0.2) is 13.4 Å². The average Bonchev–Trinajstić information content (AvgIpc) is 2.57. The second-order valence-electron chi connectivity index (χ2n) is 4.01. The van der Waals surface area contributed by atoms with E-state index in [0.29, 0.717) is 12.3 Å². The molecule has 0 amide bonds. The van der Waals surface area contributed by atoms with Gasteiger partial charge in [0.05, 0.1) is 10.6 Å². The van der Waals surface area contributed by atoms with Crippen molar-refractivity contribution >= 4 is 19.7 Å². The number of hydrogen-bond donors (Lipinski definition) is 0. The highest BCUT2D eigenvalue weighted by atomic mass is 35.7. The highest BCUT2D eigenvalue weighted by molar-refractivity contribution is 8.13. The van der Waals surface area contributed by atoms with Gasteiger partial charge < -0.3 is 4.42 Å². The van der Waals surface area contributed by atoms with Crippen LogP contribution in [0.5, 0.6) is 0 Å². The summed E-state index contributed by atoms with van der Waals surface area (Å²) >= 11 is 0. The Hall–Kier alpha value is -1.33. The topological polar surface area (TPSA) is 60.2 Å². The van der Waals surface area contributed by atoms with E-state index in [1.54, 1.807) is 12.1 Å². The van der Waals surface area contributed by atoms with Crippen molar-refractivity contribution in [2.75, 3.05) is 0 Å². The average molecular weight is 286 g/mol. The molecule has 18 heavy (non-hydrogen) atoms. The minimum atomic E-state index is -3.66. The first-order chi connectivity index (χ1) is 8.36. The van der Waals surface area contributed by atoms with Gasteiger partial charge in [0.15, 0.2) is 5.89 Å². The van der Waals surface area contributed by atoms with Crippen molar-refractivity contribution in [1.29, 1.82) is 0 Å². The maximum atomic E-state index is 11.1. The lowest BCUT2D eigenvalue weighted by atomic mass is 10.1. The van der Waals surface area contributed by atoms with Gasteiger partial charge in [-0.15, -0.1) is 0 Å². The van der Waals surface area contributed by atoms with Gasteiger partial charge in [0.25, 0.3) is 9.05 Å². The summed E-state index contributed by atoms with van der Waals surface area (Å²) in [5.74, 6) is 1.41. The molecule has 1 aromatic heterocycles. The van der Waals surface area contributed by atoms with Gasteiger partial charge >= 0.3 is 0 Å². The molecule has 0 aliphatic rings. The molecular formula is C12H12ClNO3S. The second kappa shape index (κ2) is 4.74. The largest absolute Gasteiger partial charge is 0.445 e. The van der Waals surface area contributed by atoms with Crippen molar-refractivity contribution in [3.63, 3.8) is 0 Å². The molecule has 0 fully saturated rings. The predicted octanol–water partition coefficient (Wildman–Crippen LogP) is 2.81. The highest BCUT2D eigenvalue weighted by Crippen LogP contribution is 2.18. The molecule has 0 N–H and O–H groups in total. The number of hydrogen-bond acceptors (Lipinski definition) is 4. The Kier molecular flexibility index (Phi) is 3.45. The van der Waals surface area contributed by atoms with Crippen molar-refractivity contribution in [3.8, 4) is 0 Å². The molecule has 0 spiro atoms. The lowest BCUT2D eigenvalue weighted by Crippen LogP contribution is -1.92. The van der Waals surface area contributed by atoms with Gasteiger partial charge in [-0.05, 0) is 31.5 Å². The van der Waals surface area contributed by atoms with Crippen molar-refractivity contribution in [3.05, 3.63) is 47.2 Å². The number of aromatic nitrogens is 1. The van der Waals surface area contributed by atoms with Crippen LogP contribution in [0.2, 0.25) is 0 Å². The summed E-state index contributed by atoms with van der Waals surface area (Å²) in [6.07, 6.45) is 0.525. The Balaban J connectivity index is 2.21. The van der Waals surface area contributed by atoms with Crippen LogP contribution in [0, 0.1) is 13.8 Å². The Morgan fingerprint density at radius 1 is 1.22 bits per heavy atom. The number of rotatable bonds is 3. The van der Waals surface area contributed by atoms with E-state index in [1.165, 1.54) is 12.1 Å². The third-order valence-corrected chi connectivity index (χ3v) is 4.00. The van der Waals surface area contributed by atoms with E-state index < -0.39 is 9.05 Å². The van der Waals surface area contributed by atoms with Gasteiger partial charge in [0.1, 0.15) is 5.76 Å². The number of oxazole rings is 1. The zero-order valence-electron chi connectivity index (χ0n) is 9.97. The molecular weight excluding hydrogens is 274 g/mol. The smallest absolute Gasteiger partial charge is 0.261 e. The van der Waals surface area contributed by atoms with Crippen LogP contribution in [-0.2, 0) is 15.5 Å². The zero-order valence-corrected chi connectivity index (χ0v) is 11.5. The lowest BCUT2D eigenvalue weighted by Gasteiger charge is -1.99. The first-order valence-corrected chi connectivity index (χ1v) is 7.64. The standard InChI is InChI=1S/C12H12ClNO3S/c1-8-9(2)17-12(14-8)7-10-3-5-11(6-4-10)18(13,15)16/h3-6H,7H2,1-2H3. The Labute approximate surface area is 110 Å². The van der Waals surface area contributed by atoms with E-state index in [2.05, 4.69) is 4.98 Å². The molecule has 0 radical (unpaired) electrons. The molecule has 0 saturated carbocycles. The van der Waals surface area contributed by atoms with E-state index in [0.717, 1.165) is 17.0 Å². The third kappa shape index (κ3) is 2.91. The van der Waals surface area contributed by atoms with Gasteiger partial charge in [-0.2, -0.15) is 0 Å². The molecule has 0 aliphatic carbocycles. The Morgan fingerprint density at radius 2 is 1.83 bits per heavy atom. The molecule has 6 heteroatoms. The molecule has 0 unspecified atom stereocenters. The molecule has 4 nitrogen and oxygen atoms in total. The summed E-state index contributed by atoms with van der Waals surface area (Å²) in [6, 6.07) is 6.34. The monoisotopic (exact) mass is 285 g/mol. The van der Waals surface area contributed by atoms with E-state index in [9.17, 15) is 8.42 Å². The van der Waals surface area contributed by atoms with Crippen molar-refractivity contribution in [2.24, 2.45) is 0 Å². The molecule has 0 saturated heterocycles. The van der Waals surface area contributed by atoms with Crippen LogP contribution in [0.15, 0.2) is 33.6 Å². The van der Waals surface area contributed by atoms with Crippen LogP contribution in [0.1, 0.15) is 22.9 Å². The number of halogens is 1. The predicted molar refractivity (Wildman–Crippen MR) is 68.3 cm³/mol. The van der Waals surface area contributed by atoms with Crippen molar-refractivity contribution in [1.82, 2.24) is 4.98 Å². The SMILES string of the molecule is Cc1nc(Cc2ccc(S(=O)(=O)Cl)cc2)oc1C. The number of aryl methyl sites for hydroxylation is 2. The molecule has 0 atom stereocenters. The van der Waals surface area contributed by atoms with Crippen LogP contribution >= 0.6 is 10.7 Å². The summed E-state index contributed by atoms with van der Waals surface area (Å²) in [6.45, 7) is 3.74. The summed E-state index contributed by atoms with van der Waals surface area (Å²) in [5.41, 5.74) is 1.78. The van der Waals surface area contributed by atoms with E-state index in [4.69, 9.17) is 15.1 Å². The molecule has 2 rings (SSSR count). The number of nitrogens with zero attached hydrogens (tertiary/aromatic N) is 1. The fourth-order valence-corrected chi connectivity index (χ4v) is 2.33. The lowest BCUT2D eigenvalue weighted by molar-refractivity contribution is 0.481. The molecule has 2 aromatic rings. The van der Waals surface area contributed by atoms with E-state index >= 15 is 0 Å². The molecule has 0 aliphatic heterocycles. The van der Waals surface area contributed by atoms with Gasteiger partial charge in [0, 0.05) is 17.1 Å². The van der Waals surface area contributed by atoms with E-state index in [-0.39, 0.29) is 4.90 Å². The minimum absolute atomic E-state index is 0.0904. The van der Waals surface area contributed by atoms with Gasteiger partial charge in [0.2, 0.25) is 0 Å². The maximum Gasteiger partial charge on any atom is 0.261 e. The van der Waals surface area contributed by atoms with Crippen LogP contribution in [0.25, 0.3) is 0 Å². The fraction of sp³-hybridized carbons (Fsp3) is 0.250. The van der Waals surface area contributed by atoms with Crippen molar-refractivity contribution < 1.29 is 12.8 Å². The summed E-state index contributed by atoms with van der Waals surface area (Å²) in [4.78, 5) is 4.36. The molecule has 1 heterocycles. The van der Waals surface area contributed by atoms with Crippen LogP contribution in [0.4, 0.5) is 0 Å². The van der Waals surface area contributed by atoms with Crippen molar-refractivity contribution in [2.45, 2.75) is 25.2 Å². The van der Waals surface area contributed by atoms with Crippen LogP contribution < -0.4 is 0 Å². The molecule has 1 aromatic carbocycles. The van der Waals surface area contributed by atoms with Crippen LogP contribution in [0.3, 0.4) is 0 Å². The highest BCUT2D eigenvalue weighted by Gasteiger charge is 2.10. The summed E-state index contributed by atoms with van der Waals surface area (Å²) < 4.78 is 27.6. The first kappa shape index (κ1) is 13.1. The first-order valence-electron chi connectivity index (χ1n) is 5.33. The maximum absolute atomic E-state index is 11.1. The quantitative estimate of drug-likeness (QED) is 0.814. The number of benzene rings is 1. The van der Waals surface area contributed by atoms with E-state index in [1.807, 2.05) is 13.8 Å². The summed E-state index contributed by atoms with van der Waals surface area (Å²) in [5, 5.41) is 0. The fourth-order valence-electron chi connectivity index (χ4n) is 1.56. The normalized spacial score (nSPS) is 11.7.